The van der Waals surface area contributed by atoms with E-state index in [1.54, 1.807) is 7.05 Å². The van der Waals surface area contributed by atoms with Crippen LogP contribution in [0, 0.1) is 0 Å². The van der Waals surface area contributed by atoms with Crippen LogP contribution in [0.25, 0.3) is 0 Å². The van der Waals surface area contributed by atoms with Crippen LogP contribution in [0.5, 0.6) is 0 Å². The first-order valence-corrected chi connectivity index (χ1v) is 7.91. The zero-order chi connectivity index (χ0) is 14.8. The number of aromatic nitrogens is 1. The molecule has 0 atom stereocenters. The fourth-order valence-electron chi connectivity index (χ4n) is 1.48. The molecule has 0 aromatic carbocycles. The Morgan fingerprint density at radius 3 is 2.86 bits per heavy atom. The summed E-state index contributed by atoms with van der Waals surface area (Å²) in [5, 5.41) is 10.5. The zero-order valence-corrected chi connectivity index (χ0v) is 16.0. The quantitative estimate of drug-likeness (QED) is 0.221. The van der Waals surface area contributed by atoms with E-state index in [0.29, 0.717) is 12.5 Å². The van der Waals surface area contributed by atoms with Gasteiger partial charge in [-0.25, -0.2) is 0 Å². The highest BCUT2D eigenvalue weighted by atomic mass is 127. The molecule has 21 heavy (non-hydrogen) atoms. The van der Waals surface area contributed by atoms with Gasteiger partial charge in [-0.1, -0.05) is 25.1 Å². The van der Waals surface area contributed by atoms with Gasteiger partial charge >= 0.3 is 0 Å². The number of nitrogens with one attached hydrogen (secondary N) is 2. The van der Waals surface area contributed by atoms with Gasteiger partial charge in [0.15, 0.2) is 11.7 Å². The van der Waals surface area contributed by atoms with Gasteiger partial charge in [0.25, 0.3) is 0 Å². The maximum Gasteiger partial charge on any atom is 0.191 e. The van der Waals surface area contributed by atoms with Gasteiger partial charge in [0.1, 0.15) is 0 Å². The fraction of sp³-hybridized carbons (Fsp3) is 0.571. The van der Waals surface area contributed by atoms with E-state index in [4.69, 9.17) is 4.52 Å². The molecule has 5 nitrogen and oxygen atoms in total. The first kappa shape index (κ1) is 20.3. The van der Waals surface area contributed by atoms with Crippen LogP contribution in [-0.2, 0) is 6.54 Å². The lowest BCUT2D eigenvalue weighted by Gasteiger charge is -2.10. The summed E-state index contributed by atoms with van der Waals surface area (Å²) >= 11 is 1.83. The summed E-state index contributed by atoms with van der Waals surface area (Å²) in [4.78, 5) is 4.17. The van der Waals surface area contributed by atoms with Crippen LogP contribution in [0.2, 0.25) is 0 Å². The first-order chi connectivity index (χ1) is 9.67. The summed E-state index contributed by atoms with van der Waals surface area (Å²) in [7, 11) is 1.76. The maximum absolute atomic E-state index is 5.27. The molecular formula is C14H25IN4OS. The van der Waals surface area contributed by atoms with Crippen LogP contribution >= 0.6 is 35.7 Å². The number of hydrogen-bond donors (Lipinski definition) is 2. The van der Waals surface area contributed by atoms with Gasteiger partial charge in [-0.3, -0.25) is 4.99 Å². The molecule has 0 saturated heterocycles. The Morgan fingerprint density at radius 2 is 2.29 bits per heavy atom. The molecular weight excluding hydrogens is 399 g/mol. The van der Waals surface area contributed by atoms with Crippen LogP contribution in [0.3, 0.4) is 0 Å². The molecule has 0 saturated carbocycles. The highest BCUT2D eigenvalue weighted by Crippen LogP contribution is 2.13. The monoisotopic (exact) mass is 424 g/mol. The first-order valence-electron chi connectivity index (χ1n) is 6.76. The highest BCUT2D eigenvalue weighted by molar-refractivity contribution is 14.0. The van der Waals surface area contributed by atoms with Gasteiger partial charge in [-0.15, -0.1) is 30.6 Å². The number of thioether (sulfide) groups is 1. The lowest BCUT2D eigenvalue weighted by molar-refractivity contribution is 0.372. The van der Waals surface area contributed by atoms with Gasteiger partial charge in [-0.2, -0.15) is 11.8 Å². The molecule has 2 N–H and O–H groups in total. The SMILES string of the molecule is C=CCSCCNC(=NC)NCc1cc(C(C)C)no1.I. The van der Waals surface area contributed by atoms with Crippen LogP contribution in [0.4, 0.5) is 0 Å². The van der Waals surface area contributed by atoms with E-state index in [1.165, 1.54) is 0 Å². The Bertz CT molecular complexity index is 434. The molecule has 1 heterocycles. The lowest BCUT2D eigenvalue weighted by Crippen LogP contribution is -2.37. The molecule has 0 aliphatic rings. The third-order valence-corrected chi connectivity index (χ3v) is 3.56. The molecule has 1 aromatic heterocycles. The summed E-state index contributed by atoms with van der Waals surface area (Å²) in [5.41, 5.74) is 0.977. The second-order valence-corrected chi connectivity index (χ2v) is 5.74. The molecule has 0 amide bonds. The van der Waals surface area contributed by atoms with E-state index < -0.39 is 0 Å². The van der Waals surface area contributed by atoms with Gasteiger partial charge in [0, 0.05) is 31.2 Å². The van der Waals surface area contributed by atoms with Crippen molar-refractivity contribution < 1.29 is 4.52 Å². The topological polar surface area (TPSA) is 62.5 Å². The third kappa shape index (κ3) is 8.35. The van der Waals surface area contributed by atoms with Gasteiger partial charge in [0.05, 0.1) is 12.2 Å². The maximum atomic E-state index is 5.27. The normalized spacial score (nSPS) is 11.1. The van der Waals surface area contributed by atoms with Crippen LogP contribution in [0.1, 0.15) is 31.2 Å². The lowest BCUT2D eigenvalue weighted by atomic mass is 10.1. The van der Waals surface area contributed by atoms with Crippen molar-refractivity contribution in [1.82, 2.24) is 15.8 Å². The van der Waals surface area contributed by atoms with Crippen molar-refractivity contribution >= 4 is 41.7 Å². The molecule has 0 spiro atoms. The Hall–Kier alpha value is -0.700. The minimum atomic E-state index is 0. The second kappa shape index (κ2) is 11.9. The number of rotatable bonds is 8. The average Bonchev–Trinajstić information content (AvgIpc) is 2.91. The molecule has 120 valence electrons. The smallest absolute Gasteiger partial charge is 0.191 e. The number of halogens is 1. The predicted octanol–water partition coefficient (Wildman–Crippen LogP) is 3.00. The van der Waals surface area contributed by atoms with Crippen molar-refractivity contribution in [2.45, 2.75) is 26.3 Å². The second-order valence-electron chi connectivity index (χ2n) is 4.59. The predicted molar refractivity (Wildman–Crippen MR) is 102 cm³/mol. The Balaban J connectivity index is 0.00000400. The van der Waals surface area contributed by atoms with Crippen LogP contribution in [0.15, 0.2) is 28.2 Å². The van der Waals surface area contributed by atoms with Gasteiger partial charge < -0.3 is 15.2 Å². The Labute approximate surface area is 148 Å². The van der Waals surface area contributed by atoms with E-state index in [2.05, 4.69) is 41.2 Å². The molecule has 0 unspecified atom stereocenters. The number of nitrogens with zero attached hydrogens (tertiary/aromatic N) is 2. The molecule has 0 aliphatic carbocycles. The van der Waals surface area contributed by atoms with Crippen LogP contribution in [-0.4, -0.2) is 36.2 Å². The summed E-state index contributed by atoms with van der Waals surface area (Å²) < 4.78 is 5.27. The van der Waals surface area contributed by atoms with Crippen molar-refractivity contribution in [3.63, 3.8) is 0 Å². The molecule has 0 bridgehead atoms. The molecule has 0 aliphatic heterocycles. The largest absolute Gasteiger partial charge is 0.359 e. The summed E-state index contributed by atoms with van der Waals surface area (Å²) in [5.74, 6) is 3.97. The van der Waals surface area contributed by atoms with E-state index in [-0.39, 0.29) is 24.0 Å². The third-order valence-electron chi connectivity index (χ3n) is 2.60. The molecule has 7 heteroatoms. The van der Waals surface area contributed by atoms with E-state index in [1.807, 2.05) is 23.9 Å². The zero-order valence-electron chi connectivity index (χ0n) is 12.9. The van der Waals surface area contributed by atoms with Crippen molar-refractivity contribution in [2.75, 3.05) is 25.1 Å². The summed E-state index contributed by atoms with van der Waals surface area (Å²) in [6.07, 6.45) is 1.91. The number of aliphatic imine (C=N–C) groups is 1. The van der Waals surface area contributed by atoms with Crippen molar-refractivity contribution in [3.8, 4) is 0 Å². The molecule has 1 aromatic rings. The Kier molecular flexibility index (Phi) is 11.5. The summed E-state index contributed by atoms with van der Waals surface area (Å²) in [6.45, 7) is 9.33. The van der Waals surface area contributed by atoms with Crippen molar-refractivity contribution in [2.24, 2.45) is 4.99 Å². The minimum absolute atomic E-state index is 0. The van der Waals surface area contributed by atoms with Crippen molar-refractivity contribution in [3.05, 3.63) is 30.2 Å². The molecule has 0 fully saturated rings. The van der Waals surface area contributed by atoms with Crippen LogP contribution < -0.4 is 10.6 Å². The van der Waals surface area contributed by atoms with E-state index in [0.717, 1.165) is 35.5 Å². The molecule has 1 rings (SSSR count). The molecule has 0 radical (unpaired) electrons. The van der Waals surface area contributed by atoms with Gasteiger partial charge in [0.2, 0.25) is 0 Å². The number of guanidine groups is 1. The standard InChI is InChI=1S/C14H24N4OS.HI/c1-5-7-20-8-6-16-14(15-4)17-10-12-9-13(11(2)3)18-19-12;/h5,9,11H,1,6-8,10H2,2-4H3,(H2,15,16,17);1H. The van der Waals surface area contributed by atoms with E-state index in [9.17, 15) is 0 Å². The van der Waals surface area contributed by atoms with Crippen molar-refractivity contribution in [1.29, 1.82) is 0 Å². The fourth-order valence-corrected chi connectivity index (χ4v) is 2.06. The number of hydrogen-bond acceptors (Lipinski definition) is 4. The average molecular weight is 424 g/mol. The highest BCUT2D eigenvalue weighted by Gasteiger charge is 2.07. The van der Waals surface area contributed by atoms with Gasteiger partial charge in [-0.05, 0) is 5.92 Å². The summed E-state index contributed by atoms with van der Waals surface area (Å²) in [6, 6.07) is 1.98. The minimum Gasteiger partial charge on any atom is -0.359 e. The Morgan fingerprint density at radius 1 is 1.52 bits per heavy atom. The van der Waals surface area contributed by atoms with E-state index >= 15 is 0 Å².